The van der Waals surface area contributed by atoms with Crippen LogP contribution < -0.4 is 4.74 Å². The van der Waals surface area contributed by atoms with Gasteiger partial charge in [-0.25, -0.2) is 0 Å². The third kappa shape index (κ3) is 3.70. The van der Waals surface area contributed by atoms with E-state index < -0.39 is 5.41 Å². The Kier molecular flexibility index (Phi) is 6.12. The normalized spacial score (nSPS) is 11.6. The third-order valence-corrected chi connectivity index (χ3v) is 3.75. The van der Waals surface area contributed by atoms with E-state index in [0.29, 0.717) is 6.42 Å². The summed E-state index contributed by atoms with van der Waals surface area (Å²) in [5.41, 5.74) is 0.534. The first-order valence-corrected chi connectivity index (χ1v) is 6.94. The first kappa shape index (κ1) is 15.5. The van der Waals surface area contributed by atoms with Crippen molar-refractivity contribution < 1.29 is 14.9 Å². The van der Waals surface area contributed by atoms with E-state index in [9.17, 15) is 10.2 Å². The monoisotopic (exact) mass is 316 g/mol. The van der Waals surface area contributed by atoms with Gasteiger partial charge in [0.15, 0.2) is 0 Å². The van der Waals surface area contributed by atoms with Crippen LogP contribution in [0.3, 0.4) is 0 Å². The quantitative estimate of drug-likeness (QED) is 0.813. The highest BCUT2D eigenvalue weighted by atomic mass is 79.9. The highest BCUT2D eigenvalue weighted by Gasteiger charge is 2.29. The fourth-order valence-electron chi connectivity index (χ4n) is 2.23. The molecule has 1 rings (SSSR count). The molecule has 0 fully saturated rings. The molecule has 0 radical (unpaired) electrons. The minimum Gasteiger partial charge on any atom is -0.496 e. The summed E-state index contributed by atoms with van der Waals surface area (Å²) in [4.78, 5) is 0. The van der Waals surface area contributed by atoms with Crippen molar-refractivity contribution in [3.8, 4) is 5.75 Å². The Morgan fingerprint density at radius 3 is 2.44 bits per heavy atom. The van der Waals surface area contributed by atoms with Gasteiger partial charge in [0, 0.05) is 9.89 Å². The molecule has 0 aromatic heterocycles. The van der Waals surface area contributed by atoms with Crippen LogP contribution in [0.2, 0.25) is 0 Å². The minimum absolute atomic E-state index is 0.0208. The Morgan fingerprint density at radius 1 is 1.28 bits per heavy atom. The van der Waals surface area contributed by atoms with Crippen LogP contribution in [-0.4, -0.2) is 30.5 Å². The summed E-state index contributed by atoms with van der Waals surface area (Å²) in [5.74, 6) is 0.792. The molecule has 1 aromatic carbocycles. The highest BCUT2D eigenvalue weighted by molar-refractivity contribution is 9.10. The number of benzene rings is 1. The van der Waals surface area contributed by atoms with Crippen LogP contribution in [0.1, 0.15) is 25.3 Å². The SMILES string of the molecule is CCCC(CO)(CO)Cc1cc(Br)ccc1OC. The molecular formula is C14H21BrO3. The maximum absolute atomic E-state index is 9.59. The van der Waals surface area contributed by atoms with Crippen molar-refractivity contribution in [1.29, 1.82) is 0 Å². The van der Waals surface area contributed by atoms with Gasteiger partial charge in [-0.2, -0.15) is 0 Å². The van der Waals surface area contributed by atoms with Gasteiger partial charge in [0.2, 0.25) is 0 Å². The molecule has 102 valence electrons. The summed E-state index contributed by atoms with van der Waals surface area (Å²) >= 11 is 3.44. The van der Waals surface area contributed by atoms with Crippen molar-refractivity contribution >= 4 is 15.9 Å². The van der Waals surface area contributed by atoms with E-state index in [1.807, 2.05) is 18.2 Å². The van der Waals surface area contributed by atoms with E-state index in [2.05, 4.69) is 22.9 Å². The summed E-state index contributed by atoms with van der Waals surface area (Å²) in [6.07, 6.45) is 2.32. The molecule has 0 saturated heterocycles. The van der Waals surface area contributed by atoms with Crippen molar-refractivity contribution in [2.45, 2.75) is 26.2 Å². The average Bonchev–Trinajstić information content (AvgIpc) is 2.38. The molecule has 0 bridgehead atoms. The molecule has 4 heteroatoms. The van der Waals surface area contributed by atoms with Gasteiger partial charge in [0.25, 0.3) is 0 Å². The van der Waals surface area contributed by atoms with E-state index in [1.54, 1.807) is 7.11 Å². The molecule has 0 saturated carbocycles. The first-order valence-electron chi connectivity index (χ1n) is 6.15. The summed E-state index contributed by atoms with van der Waals surface area (Å²) in [5, 5.41) is 19.2. The van der Waals surface area contributed by atoms with Gasteiger partial charge in [0.1, 0.15) is 5.75 Å². The molecule has 0 spiro atoms. The van der Waals surface area contributed by atoms with E-state index in [0.717, 1.165) is 28.6 Å². The van der Waals surface area contributed by atoms with E-state index >= 15 is 0 Å². The second-order valence-electron chi connectivity index (χ2n) is 4.70. The number of hydrogen-bond donors (Lipinski definition) is 2. The Balaban J connectivity index is 3.02. The highest BCUT2D eigenvalue weighted by Crippen LogP contribution is 2.33. The van der Waals surface area contributed by atoms with Gasteiger partial charge in [-0.1, -0.05) is 29.3 Å². The number of methoxy groups -OCH3 is 1. The second kappa shape index (κ2) is 7.12. The Labute approximate surface area is 117 Å². The van der Waals surface area contributed by atoms with Crippen molar-refractivity contribution in [1.82, 2.24) is 0 Å². The molecule has 0 unspecified atom stereocenters. The second-order valence-corrected chi connectivity index (χ2v) is 5.61. The van der Waals surface area contributed by atoms with Gasteiger partial charge >= 0.3 is 0 Å². The zero-order chi connectivity index (χ0) is 13.6. The molecule has 1 aromatic rings. The maximum Gasteiger partial charge on any atom is 0.122 e. The fourth-order valence-corrected chi connectivity index (χ4v) is 2.64. The Morgan fingerprint density at radius 2 is 1.94 bits per heavy atom. The van der Waals surface area contributed by atoms with Gasteiger partial charge in [0.05, 0.1) is 20.3 Å². The van der Waals surface area contributed by atoms with Crippen molar-refractivity contribution in [3.63, 3.8) is 0 Å². The van der Waals surface area contributed by atoms with E-state index in [-0.39, 0.29) is 13.2 Å². The Hall–Kier alpha value is -0.580. The third-order valence-electron chi connectivity index (χ3n) is 3.26. The van der Waals surface area contributed by atoms with Crippen LogP contribution in [0, 0.1) is 5.41 Å². The van der Waals surface area contributed by atoms with Crippen LogP contribution in [0.5, 0.6) is 5.75 Å². The van der Waals surface area contributed by atoms with Gasteiger partial charge in [-0.05, 0) is 36.6 Å². The lowest BCUT2D eigenvalue weighted by Gasteiger charge is -2.30. The Bertz CT molecular complexity index is 375. The van der Waals surface area contributed by atoms with Gasteiger partial charge < -0.3 is 14.9 Å². The molecular weight excluding hydrogens is 296 g/mol. The van der Waals surface area contributed by atoms with Crippen molar-refractivity contribution in [3.05, 3.63) is 28.2 Å². The van der Waals surface area contributed by atoms with E-state index in [4.69, 9.17) is 4.74 Å². The molecule has 2 N–H and O–H groups in total. The molecule has 0 aliphatic rings. The fraction of sp³-hybridized carbons (Fsp3) is 0.571. The standard InChI is InChI=1S/C14H21BrO3/c1-3-6-14(9-16,10-17)8-11-7-12(15)4-5-13(11)18-2/h4-5,7,16-17H,3,6,8-10H2,1-2H3. The van der Waals surface area contributed by atoms with Crippen LogP contribution in [0.4, 0.5) is 0 Å². The number of rotatable bonds is 7. The lowest BCUT2D eigenvalue weighted by atomic mass is 9.79. The molecule has 0 aliphatic carbocycles. The molecule has 0 amide bonds. The lowest BCUT2D eigenvalue weighted by molar-refractivity contribution is 0.0462. The van der Waals surface area contributed by atoms with Crippen molar-refractivity contribution in [2.75, 3.05) is 20.3 Å². The molecule has 0 atom stereocenters. The predicted octanol–water partition coefficient (Wildman–Crippen LogP) is 2.77. The molecule has 18 heavy (non-hydrogen) atoms. The molecule has 0 heterocycles. The minimum atomic E-state index is -0.469. The van der Waals surface area contributed by atoms with Crippen LogP contribution in [-0.2, 0) is 6.42 Å². The first-order chi connectivity index (χ1) is 8.60. The average molecular weight is 317 g/mol. The van der Waals surface area contributed by atoms with Gasteiger partial charge in [-0.3, -0.25) is 0 Å². The number of ether oxygens (including phenoxy) is 1. The number of aliphatic hydroxyl groups is 2. The van der Waals surface area contributed by atoms with Crippen LogP contribution in [0.15, 0.2) is 22.7 Å². The summed E-state index contributed by atoms with van der Waals surface area (Å²) in [7, 11) is 1.63. The largest absolute Gasteiger partial charge is 0.496 e. The van der Waals surface area contributed by atoms with Crippen molar-refractivity contribution in [2.24, 2.45) is 5.41 Å². The number of hydrogen-bond acceptors (Lipinski definition) is 3. The summed E-state index contributed by atoms with van der Waals surface area (Å²) in [6, 6.07) is 5.79. The summed E-state index contributed by atoms with van der Waals surface area (Å²) in [6.45, 7) is 2.01. The maximum atomic E-state index is 9.59. The topological polar surface area (TPSA) is 49.7 Å². The molecule has 0 aliphatic heterocycles. The lowest BCUT2D eigenvalue weighted by Crippen LogP contribution is -2.32. The van der Waals surface area contributed by atoms with Gasteiger partial charge in [-0.15, -0.1) is 0 Å². The van der Waals surface area contributed by atoms with Crippen LogP contribution in [0.25, 0.3) is 0 Å². The number of aliphatic hydroxyl groups excluding tert-OH is 2. The zero-order valence-corrected chi connectivity index (χ0v) is 12.5. The van der Waals surface area contributed by atoms with E-state index in [1.165, 1.54) is 0 Å². The number of halogens is 1. The summed E-state index contributed by atoms with van der Waals surface area (Å²) < 4.78 is 6.30. The van der Waals surface area contributed by atoms with Crippen LogP contribution >= 0.6 is 15.9 Å². The smallest absolute Gasteiger partial charge is 0.122 e. The zero-order valence-electron chi connectivity index (χ0n) is 10.9. The predicted molar refractivity (Wildman–Crippen MR) is 75.9 cm³/mol. The molecule has 3 nitrogen and oxygen atoms in total.